The number of primary amides is 1. The van der Waals surface area contributed by atoms with Gasteiger partial charge in [-0.1, -0.05) is 24.4 Å². The Kier molecular flexibility index (Phi) is 6.05. The minimum Gasteiger partial charge on any atom is -0.454 e. The number of hydrogen-bond acceptors (Lipinski definition) is 7. The molecule has 178 valence electrons. The molecule has 1 saturated carbocycles. The van der Waals surface area contributed by atoms with Crippen LogP contribution in [0.4, 0.5) is 0 Å². The van der Waals surface area contributed by atoms with Gasteiger partial charge < -0.3 is 24.6 Å². The van der Waals surface area contributed by atoms with Crippen LogP contribution in [0.5, 0.6) is 0 Å². The molecule has 3 saturated heterocycles. The molecule has 0 aromatic carbocycles. The van der Waals surface area contributed by atoms with Gasteiger partial charge >= 0.3 is 5.97 Å². The summed E-state index contributed by atoms with van der Waals surface area (Å²) in [4.78, 5) is 26.2. The fourth-order valence-corrected chi connectivity index (χ4v) is 7.18. The van der Waals surface area contributed by atoms with E-state index in [9.17, 15) is 14.7 Å². The Labute approximate surface area is 197 Å². The van der Waals surface area contributed by atoms with Crippen LogP contribution in [0.1, 0.15) is 62.2 Å². The third-order valence-corrected chi connectivity index (χ3v) is 8.93. The zero-order valence-electron chi connectivity index (χ0n) is 18.7. The van der Waals surface area contributed by atoms with Crippen molar-refractivity contribution in [1.29, 1.82) is 0 Å². The fourth-order valence-electron chi connectivity index (χ4n) is 6.47. The smallest absolute Gasteiger partial charge is 0.343 e. The molecule has 2 aromatic heterocycles. The average Bonchev–Trinajstić information content (AvgIpc) is 3.54. The standard InChI is InChI=1S/C24H31N3O5S/c25-22(28)21(19-8-12-31-26-19)27-10-6-16(7-11-27)20(14-27)32-23(29)24(30,18-9-13-33-15-18)17-4-2-1-3-5-17/h8-9,12-13,15-17,20-21,30H,1-7,10-11,14H2,(H-,25,28)/p+1/t16?,20-,21?,24?,27?/m0/s1. The van der Waals surface area contributed by atoms with Crippen molar-refractivity contribution < 1.29 is 28.4 Å². The van der Waals surface area contributed by atoms with Gasteiger partial charge in [0.2, 0.25) is 6.04 Å². The number of aliphatic hydroxyl groups is 1. The Balaban J connectivity index is 1.40. The van der Waals surface area contributed by atoms with Gasteiger partial charge in [0, 0.05) is 36.3 Å². The summed E-state index contributed by atoms with van der Waals surface area (Å²) < 4.78 is 11.6. The molecule has 4 fully saturated rings. The molecule has 3 aliphatic heterocycles. The number of rotatable bonds is 7. The van der Waals surface area contributed by atoms with Gasteiger partial charge in [-0.3, -0.25) is 4.79 Å². The molecule has 6 rings (SSSR count). The van der Waals surface area contributed by atoms with Crippen molar-refractivity contribution >= 4 is 23.2 Å². The highest BCUT2D eigenvalue weighted by atomic mass is 32.1. The highest BCUT2D eigenvalue weighted by Crippen LogP contribution is 2.45. The van der Waals surface area contributed by atoms with E-state index in [1.807, 2.05) is 16.8 Å². The van der Waals surface area contributed by atoms with E-state index in [0.717, 1.165) is 58.0 Å². The number of ether oxygens (including phenoxy) is 1. The number of carbonyl (C=O) groups is 2. The number of nitrogens with zero attached hydrogens (tertiary/aromatic N) is 2. The van der Waals surface area contributed by atoms with Gasteiger partial charge in [0.1, 0.15) is 12.8 Å². The SMILES string of the molecule is NC(=O)C(c1ccon1)[N+]12CCC(CC1)[C@@H](OC(=O)C(O)(c1ccsc1)C1CCCCC1)C2. The molecule has 4 aliphatic rings. The molecule has 1 aliphatic carbocycles. The molecule has 2 aromatic rings. The van der Waals surface area contributed by atoms with Crippen LogP contribution < -0.4 is 5.73 Å². The number of hydrogen-bond donors (Lipinski definition) is 2. The molecule has 8 nitrogen and oxygen atoms in total. The third kappa shape index (κ3) is 3.90. The number of thiophene rings is 1. The maximum Gasteiger partial charge on any atom is 0.343 e. The van der Waals surface area contributed by atoms with E-state index in [1.54, 1.807) is 6.07 Å². The van der Waals surface area contributed by atoms with E-state index in [0.29, 0.717) is 22.3 Å². The van der Waals surface area contributed by atoms with Crippen LogP contribution in [0.3, 0.4) is 0 Å². The maximum atomic E-state index is 13.7. The van der Waals surface area contributed by atoms with Crippen molar-refractivity contribution in [2.24, 2.45) is 17.6 Å². The van der Waals surface area contributed by atoms with Crippen LogP contribution in [0, 0.1) is 11.8 Å². The molecule has 33 heavy (non-hydrogen) atoms. The van der Waals surface area contributed by atoms with E-state index in [1.165, 1.54) is 17.6 Å². The first kappa shape index (κ1) is 22.6. The van der Waals surface area contributed by atoms with Crippen LogP contribution in [0.2, 0.25) is 0 Å². The van der Waals surface area contributed by atoms with E-state index in [4.69, 9.17) is 15.0 Å². The Bertz CT molecular complexity index is 964. The molecular weight excluding hydrogens is 442 g/mol. The Morgan fingerprint density at radius 3 is 2.58 bits per heavy atom. The van der Waals surface area contributed by atoms with E-state index < -0.39 is 23.5 Å². The number of amides is 1. The minimum absolute atomic E-state index is 0.147. The van der Waals surface area contributed by atoms with E-state index >= 15 is 0 Å². The summed E-state index contributed by atoms with van der Waals surface area (Å²) >= 11 is 1.47. The first-order chi connectivity index (χ1) is 15.9. The summed E-state index contributed by atoms with van der Waals surface area (Å²) in [7, 11) is 0. The summed E-state index contributed by atoms with van der Waals surface area (Å²) in [5.74, 6) is -0.933. The van der Waals surface area contributed by atoms with Gasteiger partial charge in [-0.2, -0.15) is 11.3 Å². The van der Waals surface area contributed by atoms with Crippen molar-refractivity contribution in [3.63, 3.8) is 0 Å². The zero-order valence-corrected chi connectivity index (χ0v) is 19.5. The monoisotopic (exact) mass is 474 g/mol. The summed E-state index contributed by atoms with van der Waals surface area (Å²) in [5.41, 5.74) is 5.35. The van der Waals surface area contributed by atoms with Crippen LogP contribution >= 0.6 is 11.3 Å². The number of carbonyl (C=O) groups excluding carboxylic acids is 2. The number of esters is 1. The predicted octanol–water partition coefficient (Wildman–Crippen LogP) is 2.88. The third-order valence-electron chi connectivity index (χ3n) is 8.24. The lowest BCUT2D eigenvalue weighted by atomic mass is 9.74. The maximum absolute atomic E-state index is 13.7. The molecule has 5 heterocycles. The number of piperidine rings is 3. The zero-order chi connectivity index (χ0) is 23.1. The second-order valence-electron chi connectivity index (χ2n) is 9.97. The molecular formula is C24H32N3O5S+. The van der Waals surface area contributed by atoms with E-state index in [-0.39, 0.29) is 17.9 Å². The molecule has 2 unspecified atom stereocenters. The van der Waals surface area contributed by atoms with Crippen molar-refractivity contribution in [3.05, 3.63) is 40.4 Å². The summed E-state index contributed by atoms with van der Waals surface area (Å²) in [6, 6.07) is 2.88. The molecule has 9 heteroatoms. The largest absolute Gasteiger partial charge is 0.454 e. The lowest BCUT2D eigenvalue weighted by molar-refractivity contribution is -0.965. The molecule has 0 spiro atoms. The highest BCUT2D eigenvalue weighted by molar-refractivity contribution is 7.08. The molecule has 1 amide bonds. The van der Waals surface area contributed by atoms with Crippen molar-refractivity contribution in [2.45, 2.75) is 62.7 Å². The lowest BCUT2D eigenvalue weighted by Gasteiger charge is -2.54. The van der Waals surface area contributed by atoms with Gasteiger partial charge in [0.25, 0.3) is 5.91 Å². The van der Waals surface area contributed by atoms with Gasteiger partial charge in [-0.05, 0) is 29.7 Å². The molecule has 3 atom stereocenters. The summed E-state index contributed by atoms with van der Waals surface area (Å²) in [6.07, 6.45) is 7.51. The normalized spacial score (nSPS) is 30.5. The lowest BCUT2D eigenvalue weighted by Crippen LogP contribution is -2.67. The molecule has 0 radical (unpaired) electrons. The fraction of sp³-hybridized carbons (Fsp3) is 0.625. The summed E-state index contributed by atoms with van der Waals surface area (Å²) in [5, 5.41) is 19.6. The Hall–Kier alpha value is -2.23. The van der Waals surface area contributed by atoms with Crippen LogP contribution in [-0.2, 0) is 19.9 Å². The van der Waals surface area contributed by atoms with E-state index in [2.05, 4.69) is 5.16 Å². The molecule has 3 N–H and O–H groups in total. The van der Waals surface area contributed by atoms with Gasteiger partial charge in [0.15, 0.2) is 17.4 Å². The van der Waals surface area contributed by atoms with Gasteiger partial charge in [-0.15, -0.1) is 0 Å². The minimum atomic E-state index is -1.63. The number of fused-ring (bicyclic) bond motifs is 3. The Morgan fingerprint density at radius 1 is 1.21 bits per heavy atom. The van der Waals surface area contributed by atoms with Crippen molar-refractivity contribution in [1.82, 2.24) is 5.16 Å². The van der Waals surface area contributed by atoms with Gasteiger partial charge in [-0.25, -0.2) is 4.79 Å². The van der Waals surface area contributed by atoms with Crippen molar-refractivity contribution in [3.8, 4) is 0 Å². The van der Waals surface area contributed by atoms with Crippen LogP contribution in [-0.4, -0.2) is 52.4 Å². The van der Waals surface area contributed by atoms with Crippen molar-refractivity contribution in [2.75, 3.05) is 19.6 Å². The topological polar surface area (TPSA) is 116 Å². The first-order valence-electron chi connectivity index (χ1n) is 12.0. The predicted molar refractivity (Wildman–Crippen MR) is 121 cm³/mol. The second-order valence-corrected chi connectivity index (χ2v) is 10.8. The van der Waals surface area contributed by atoms with Crippen LogP contribution in [0.25, 0.3) is 0 Å². The summed E-state index contributed by atoms with van der Waals surface area (Å²) in [6.45, 7) is 2.04. The highest BCUT2D eigenvalue weighted by Gasteiger charge is 2.56. The molecule has 2 bridgehead atoms. The Morgan fingerprint density at radius 2 is 1.97 bits per heavy atom. The van der Waals surface area contributed by atoms with Gasteiger partial charge in [0.05, 0.1) is 13.1 Å². The average molecular weight is 475 g/mol. The second kappa shape index (κ2) is 8.85. The number of quaternary nitrogens is 1. The number of aromatic nitrogens is 1. The van der Waals surface area contributed by atoms with Crippen LogP contribution in [0.15, 0.2) is 33.7 Å². The number of nitrogens with two attached hydrogens (primary N) is 1. The first-order valence-corrected chi connectivity index (χ1v) is 12.9. The quantitative estimate of drug-likeness (QED) is 0.471.